The van der Waals surface area contributed by atoms with E-state index in [0.717, 1.165) is 12.1 Å². The molecule has 3 rings (SSSR count). The van der Waals surface area contributed by atoms with Gasteiger partial charge < -0.3 is 9.88 Å². The third-order valence-electron chi connectivity index (χ3n) is 4.02. The Bertz CT molecular complexity index is 813. The fourth-order valence-electron chi connectivity index (χ4n) is 2.59. The van der Waals surface area contributed by atoms with Crippen LogP contribution in [0.5, 0.6) is 0 Å². The van der Waals surface area contributed by atoms with Crippen molar-refractivity contribution in [3.8, 4) is 0 Å². The first-order valence-electron chi connectivity index (χ1n) is 8.24. The summed E-state index contributed by atoms with van der Waals surface area (Å²) in [5, 5.41) is 2.88. The highest BCUT2D eigenvalue weighted by Crippen LogP contribution is 2.09. The maximum atomic E-state index is 13.5. The van der Waals surface area contributed by atoms with Gasteiger partial charge in [0.25, 0.3) is 0 Å². The van der Waals surface area contributed by atoms with Gasteiger partial charge in [0, 0.05) is 31.9 Å². The lowest BCUT2D eigenvalue weighted by Crippen LogP contribution is -2.23. The average Bonchev–Trinajstić information content (AvgIpc) is 3.13. The van der Waals surface area contributed by atoms with E-state index in [-0.39, 0.29) is 18.1 Å². The molecule has 1 amide bonds. The van der Waals surface area contributed by atoms with Crippen LogP contribution in [0.1, 0.15) is 23.1 Å². The molecule has 1 aromatic heterocycles. The van der Waals surface area contributed by atoms with Crippen LogP contribution >= 0.6 is 0 Å². The van der Waals surface area contributed by atoms with Crippen molar-refractivity contribution in [3.63, 3.8) is 0 Å². The highest BCUT2D eigenvalue weighted by atomic mass is 19.1. The Hall–Kier alpha value is -2.95. The lowest BCUT2D eigenvalue weighted by molar-refractivity contribution is -0.121. The molecule has 0 saturated carbocycles. The van der Waals surface area contributed by atoms with Gasteiger partial charge in [-0.25, -0.2) is 9.37 Å². The van der Waals surface area contributed by atoms with Crippen LogP contribution in [0.25, 0.3) is 0 Å². The molecule has 0 fully saturated rings. The highest BCUT2D eigenvalue weighted by Gasteiger charge is 2.05. The van der Waals surface area contributed by atoms with Gasteiger partial charge in [-0.3, -0.25) is 4.79 Å². The van der Waals surface area contributed by atoms with E-state index >= 15 is 0 Å². The molecule has 0 atom stereocenters. The first kappa shape index (κ1) is 16.9. The molecule has 1 heterocycles. The predicted molar refractivity (Wildman–Crippen MR) is 94.3 cm³/mol. The van der Waals surface area contributed by atoms with Gasteiger partial charge in [-0.1, -0.05) is 42.5 Å². The summed E-state index contributed by atoms with van der Waals surface area (Å²) in [4.78, 5) is 16.0. The molecule has 0 radical (unpaired) electrons. The number of aromatic nitrogens is 2. The summed E-state index contributed by atoms with van der Waals surface area (Å²) < 4.78 is 15.5. The third kappa shape index (κ3) is 5.01. The largest absolute Gasteiger partial charge is 0.352 e. The third-order valence-corrected chi connectivity index (χ3v) is 4.02. The maximum absolute atomic E-state index is 13.5. The first-order chi connectivity index (χ1) is 12.2. The van der Waals surface area contributed by atoms with Crippen molar-refractivity contribution < 1.29 is 9.18 Å². The molecule has 0 aliphatic carbocycles. The van der Waals surface area contributed by atoms with Crippen molar-refractivity contribution in [2.45, 2.75) is 25.9 Å². The normalized spacial score (nSPS) is 10.6. The molecule has 0 unspecified atom stereocenters. The molecule has 0 spiro atoms. The first-order valence-corrected chi connectivity index (χ1v) is 8.24. The monoisotopic (exact) mass is 337 g/mol. The van der Waals surface area contributed by atoms with E-state index in [2.05, 4.69) is 10.3 Å². The van der Waals surface area contributed by atoms with Gasteiger partial charge in [-0.2, -0.15) is 0 Å². The molecule has 2 aromatic carbocycles. The summed E-state index contributed by atoms with van der Waals surface area (Å²) >= 11 is 0. The van der Waals surface area contributed by atoms with Crippen molar-refractivity contribution in [1.82, 2.24) is 14.9 Å². The number of hydrogen-bond donors (Lipinski definition) is 1. The fourth-order valence-corrected chi connectivity index (χ4v) is 2.59. The van der Waals surface area contributed by atoms with Crippen LogP contribution in [0.4, 0.5) is 4.39 Å². The Morgan fingerprint density at radius 3 is 2.56 bits per heavy atom. The molecule has 25 heavy (non-hydrogen) atoms. The molecule has 128 valence electrons. The lowest BCUT2D eigenvalue weighted by Gasteiger charge is -2.08. The van der Waals surface area contributed by atoms with E-state index in [1.165, 1.54) is 11.6 Å². The number of hydrogen-bond acceptors (Lipinski definition) is 2. The average molecular weight is 337 g/mol. The number of imidazole rings is 1. The smallest absolute Gasteiger partial charge is 0.220 e. The number of carbonyl (C=O) groups is 1. The molecular weight excluding hydrogens is 317 g/mol. The molecule has 4 nitrogen and oxygen atoms in total. The van der Waals surface area contributed by atoms with E-state index in [1.54, 1.807) is 30.7 Å². The second-order valence-electron chi connectivity index (χ2n) is 5.92. The van der Waals surface area contributed by atoms with Crippen LogP contribution in [0.3, 0.4) is 0 Å². The van der Waals surface area contributed by atoms with Crippen molar-refractivity contribution in [1.29, 1.82) is 0 Å². The van der Waals surface area contributed by atoms with Gasteiger partial charge in [0.15, 0.2) is 0 Å². The van der Waals surface area contributed by atoms with Gasteiger partial charge >= 0.3 is 0 Å². The van der Waals surface area contributed by atoms with Crippen LogP contribution in [-0.4, -0.2) is 15.5 Å². The number of benzene rings is 2. The predicted octanol–water partition coefficient (Wildman–Crippen LogP) is 3.32. The second kappa shape index (κ2) is 8.24. The fraction of sp³-hybridized carbons (Fsp3) is 0.200. The summed E-state index contributed by atoms with van der Waals surface area (Å²) in [6.45, 7) is 1.25. The van der Waals surface area contributed by atoms with Gasteiger partial charge in [0.2, 0.25) is 5.91 Å². The van der Waals surface area contributed by atoms with Gasteiger partial charge in [-0.15, -0.1) is 0 Å². The zero-order valence-corrected chi connectivity index (χ0v) is 13.9. The number of amides is 1. The number of rotatable bonds is 7. The molecule has 0 aliphatic rings. The maximum Gasteiger partial charge on any atom is 0.220 e. The second-order valence-corrected chi connectivity index (χ2v) is 5.92. The van der Waals surface area contributed by atoms with E-state index in [4.69, 9.17) is 0 Å². The number of carbonyl (C=O) groups excluding carboxylic acids is 1. The Labute approximate surface area is 146 Å². The Morgan fingerprint density at radius 2 is 1.84 bits per heavy atom. The Kier molecular flexibility index (Phi) is 5.57. The van der Waals surface area contributed by atoms with Crippen LogP contribution in [0, 0.1) is 5.82 Å². The zero-order chi connectivity index (χ0) is 17.5. The summed E-state index contributed by atoms with van der Waals surface area (Å²) in [5.41, 5.74) is 2.78. The molecular formula is C20H20FN3O. The molecule has 1 N–H and O–H groups in total. The SMILES string of the molecule is O=C(CCc1ccccc1F)NCc1ccc(Cn2ccnc2)cc1. The van der Waals surface area contributed by atoms with E-state index in [9.17, 15) is 9.18 Å². The minimum atomic E-state index is -0.260. The van der Waals surface area contributed by atoms with Gasteiger partial charge in [0.05, 0.1) is 6.33 Å². The van der Waals surface area contributed by atoms with Crippen LogP contribution in [0.15, 0.2) is 67.3 Å². The van der Waals surface area contributed by atoms with Crippen LogP contribution in [-0.2, 0) is 24.3 Å². The lowest BCUT2D eigenvalue weighted by atomic mass is 10.1. The van der Waals surface area contributed by atoms with Crippen molar-refractivity contribution in [3.05, 3.63) is 89.8 Å². The van der Waals surface area contributed by atoms with E-state index in [0.29, 0.717) is 18.5 Å². The Morgan fingerprint density at radius 1 is 1.08 bits per heavy atom. The molecule has 0 bridgehead atoms. The zero-order valence-electron chi connectivity index (χ0n) is 13.9. The molecule has 3 aromatic rings. The number of nitrogens with zero attached hydrogens (tertiary/aromatic N) is 2. The van der Waals surface area contributed by atoms with Crippen molar-refractivity contribution in [2.24, 2.45) is 0 Å². The molecule has 0 aliphatic heterocycles. The van der Waals surface area contributed by atoms with E-state index < -0.39 is 0 Å². The molecule has 5 heteroatoms. The summed E-state index contributed by atoms with van der Waals surface area (Å²) in [6.07, 6.45) is 6.14. The van der Waals surface area contributed by atoms with Crippen molar-refractivity contribution >= 4 is 5.91 Å². The summed E-state index contributed by atoms with van der Waals surface area (Å²) in [7, 11) is 0. The van der Waals surface area contributed by atoms with Gasteiger partial charge in [0.1, 0.15) is 5.82 Å². The number of nitrogens with one attached hydrogen (secondary N) is 1. The minimum absolute atomic E-state index is 0.0780. The van der Waals surface area contributed by atoms with Gasteiger partial charge in [-0.05, 0) is 29.2 Å². The number of aryl methyl sites for hydroxylation is 1. The Balaban J connectivity index is 1.45. The van der Waals surface area contributed by atoms with Crippen LogP contribution in [0.2, 0.25) is 0 Å². The number of halogens is 1. The summed E-state index contributed by atoms with van der Waals surface area (Å²) in [6, 6.07) is 14.6. The minimum Gasteiger partial charge on any atom is -0.352 e. The standard InChI is InChI=1S/C20H20FN3O/c21-19-4-2-1-3-18(19)9-10-20(25)23-13-16-5-7-17(8-6-16)14-24-12-11-22-15-24/h1-8,11-12,15H,9-10,13-14H2,(H,23,25). The van der Waals surface area contributed by atoms with Crippen molar-refractivity contribution in [2.75, 3.05) is 0 Å². The van der Waals surface area contributed by atoms with Crippen LogP contribution < -0.4 is 5.32 Å². The topological polar surface area (TPSA) is 46.9 Å². The summed E-state index contributed by atoms with van der Waals surface area (Å²) in [5.74, 6) is -0.338. The highest BCUT2D eigenvalue weighted by molar-refractivity contribution is 5.76. The quantitative estimate of drug-likeness (QED) is 0.719. The van der Waals surface area contributed by atoms with E-state index in [1.807, 2.05) is 35.0 Å². The molecule has 0 saturated heterocycles.